The Morgan fingerprint density at radius 1 is 1.47 bits per heavy atom. The number of hydrogen-bond donors (Lipinski definition) is 4. The van der Waals surface area contributed by atoms with Crippen LogP contribution >= 0.6 is 0 Å². The maximum Gasteiger partial charge on any atom is 0.328 e. The average molecular weight is 250 g/mol. The minimum absolute atomic E-state index is 0.00254. The van der Waals surface area contributed by atoms with Crippen LogP contribution in [0.2, 0.25) is 0 Å². The zero-order valence-electron chi connectivity index (χ0n) is 9.79. The summed E-state index contributed by atoms with van der Waals surface area (Å²) in [6.07, 6.45) is -0.854. The molecular formula is C9H18N2O6. The van der Waals surface area contributed by atoms with Crippen LogP contribution in [0.5, 0.6) is 0 Å². The molecule has 0 saturated carbocycles. The Labute approximate surface area is 98.8 Å². The second-order valence-corrected chi connectivity index (χ2v) is 3.51. The van der Waals surface area contributed by atoms with Crippen LogP contribution in [0, 0.1) is 0 Å². The molecule has 0 spiro atoms. The molecule has 8 nitrogen and oxygen atoms in total. The number of ether oxygens (including phenoxy) is 1. The quantitative estimate of drug-likeness (QED) is 0.418. The predicted molar refractivity (Wildman–Crippen MR) is 57.6 cm³/mol. The van der Waals surface area contributed by atoms with Crippen molar-refractivity contribution in [3.63, 3.8) is 0 Å². The summed E-state index contributed by atoms with van der Waals surface area (Å²) in [6, 6.07) is -2.05. The zero-order valence-corrected chi connectivity index (χ0v) is 9.79. The van der Waals surface area contributed by atoms with Crippen molar-refractivity contribution in [3.05, 3.63) is 0 Å². The van der Waals surface area contributed by atoms with E-state index in [1.165, 1.54) is 14.2 Å². The molecule has 8 heteroatoms. The number of hydrogen-bond acceptors (Lipinski definition) is 5. The number of aliphatic hydroxyl groups is 2. The fourth-order valence-corrected chi connectivity index (χ4v) is 1.09. The maximum absolute atomic E-state index is 11.4. The summed E-state index contributed by atoms with van der Waals surface area (Å²) in [5.41, 5.74) is 0. The average Bonchev–Trinajstić information content (AvgIpc) is 2.25. The van der Waals surface area contributed by atoms with Gasteiger partial charge < -0.3 is 30.3 Å². The monoisotopic (exact) mass is 250 g/mol. The van der Waals surface area contributed by atoms with E-state index < -0.39 is 30.8 Å². The molecule has 0 radical (unpaired) electrons. The third kappa shape index (κ3) is 6.05. The minimum Gasteiger partial charge on any atom is -0.480 e. The van der Waals surface area contributed by atoms with Gasteiger partial charge in [0.05, 0.1) is 25.9 Å². The lowest BCUT2D eigenvalue weighted by molar-refractivity contribution is -0.140. The van der Waals surface area contributed by atoms with Crippen LogP contribution in [0.15, 0.2) is 0 Å². The van der Waals surface area contributed by atoms with Crippen LogP contribution in [-0.4, -0.2) is 78.3 Å². The highest BCUT2D eigenvalue weighted by atomic mass is 16.5. The molecule has 2 atom stereocenters. The summed E-state index contributed by atoms with van der Waals surface area (Å²) in [5, 5.41) is 28.8. The predicted octanol–water partition coefficient (Wildman–Crippen LogP) is -1.92. The third-order valence-corrected chi connectivity index (χ3v) is 1.97. The summed E-state index contributed by atoms with van der Waals surface area (Å²) in [4.78, 5) is 23.1. The van der Waals surface area contributed by atoms with Crippen LogP contribution in [0.4, 0.5) is 4.79 Å². The van der Waals surface area contributed by atoms with E-state index in [0.29, 0.717) is 0 Å². The standard InChI is InChI=1S/C9H18N2O6/c1-11(3-6(13)5-17-2)9(16)10-7(4-12)8(14)15/h6-7,12-13H,3-5H2,1-2H3,(H,10,16)(H,14,15)/t6?,7-/m1/s1. The number of likely N-dealkylation sites (N-methyl/N-ethyl adjacent to an activating group) is 1. The third-order valence-electron chi connectivity index (χ3n) is 1.97. The number of carbonyl (C=O) groups is 2. The van der Waals surface area contributed by atoms with Crippen molar-refractivity contribution < 1.29 is 29.6 Å². The van der Waals surface area contributed by atoms with Crippen molar-refractivity contribution in [2.45, 2.75) is 12.1 Å². The second kappa shape index (κ2) is 7.82. The van der Waals surface area contributed by atoms with Crippen molar-refractivity contribution in [1.82, 2.24) is 10.2 Å². The van der Waals surface area contributed by atoms with Gasteiger partial charge in [-0.2, -0.15) is 0 Å². The zero-order chi connectivity index (χ0) is 13.4. The van der Waals surface area contributed by atoms with Gasteiger partial charge >= 0.3 is 12.0 Å². The van der Waals surface area contributed by atoms with Gasteiger partial charge in [-0.1, -0.05) is 0 Å². The molecule has 0 aromatic carbocycles. The van der Waals surface area contributed by atoms with Gasteiger partial charge in [-0.05, 0) is 0 Å². The Bertz CT molecular complexity index is 260. The van der Waals surface area contributed by atoms with Gasteiger partial charge in [-0.15, -0.1) is 0 Å². The number of carboxylic acid groups (broad SMARTS) is 1. The molecular weight excluding hydrogens is 232 g/mol. The topological polar surface area (TPSA) is 119 Å². The first-order valence-corrected chi connectivity index (χ1v) is 4.94. The molecule has 0 aromatic heterocycles. The number of rotatable bonds is 7. The van der Waals surface area contributed by atoms with E-state index in [4.69, 9.17) is 10.2 Å². The van der Waals surface area contributed by atoms with E-state index in [-0.39, 0.29) is 13.2 Å². The molecule has 0 aliphatic carbocycles. The summed E-state index contributed by atoms with van der Waals surface area (Å²) in [5.74, 6) is -1.33. The number of methoxy groups -OCH3 is 1. The van der Waals surface area contributed by atoms with Crippen molar-refractivity contribution in [1.29, 1.82) is 0 Å². The number of aliphatic hydroxyl groups excluding tert-OH is 2. The van der Waals surface area contributed by atoms with Crippen LogP contribution in [0.25, 0.3) is 0 Å². The largest absolute Gasteiger partial charge is 0.480 e. The number of carbonyl (C=O) groups excluding carboxylic acids is 1. The van der Waals surface area contributed by atoms with Crippen molar-refractivity contribution in [3.8, 4) is 0 Å². The number of aliphatic carboxylic acids is 1. The Hall–Kier alpha value is -1.38. The smallest absolute Gasteiger partial charge is 0.328 e. The second-order valence-electron chi connectivity index (χ2n) is 3.51. The van der Waals surface area contributed by atoms with Gasteiger partial charge in [0.1, 0.15) is 0 Å². The molecule has 0 bridgehead atoms. The lowest BCUT2D eigenvalue weighted by Crippen LogP contribution is -2.50. The lowest BCUT2D eigenvalue weighted by Gasteiger charge is -2.22. The van der Waals surface area contributed by atoms with Gasteiger partial charge in [0, 0.05) is 14.2 Å². The van der Waals surface area contributed by atoms with E-state index in [9.17, 15) is 14.7 Å². The molecule has 0 aliphatic heterocycles. The van der Waals surface area contributed by atoms with Crippen LogP contribution in [-0.2, 0) is 9.53 Å². The van der Waals surface area contributed by atoms with Crippen molar-refractivity contribution >= 4 is 12.0 Å². The number of nitrogens with zero attached hydrogens (tertiary/aromatic N) is 1. The first kappa shape index (κ1) is 15.6. The van der Waals surface area contributed by atoms with E-state index in [1.54, 1.807) is 0 Å². The first-order valence-electron chi connectivity index (χ1n) is 4.94. The molecule has 0 aromatic rings. The first-order chi connectivity index (χ1) is 7.92. The van der Waals surface area contributed by atoms with Crippen molar-refractivity contribution in [2.75, 3.05) is 33.9 Å². The van der Waals surface area contributed by atoms with Gasteiger partial charge in [0.25, 0.3) is 0 Å². The summed E-state index contributed by atoms with van der Waals surface area (Å²) in [7, 11) is 2.81. The van der Waals surface area contributed by atoms with Gasteiger partial charge in [0.15, 0.2) is 6.04 Å². The summed E-state index contributed by atoms with van der Waals surface area (Å²) < 4.78 is 4.68. The van der Waals surface area contributed by atoms with Crippen LogP contribution in [0.1, 0.15) is 0 Å². The molecule has 4 N–H and O–H groups in total. The fraction of sp³-hybridized carbons (Fsp3) is 0.778. The Morgan fingerprint density at radius 2 is 2.06 bits per heavy atom. The summed E-state index contributed by atoms with van der Waals surface area (Å²) in [6.45, 7) is -0.632. The minimum atomic E-state index is -1.36. The van der Waals surface area contributed by atoms with Gasteiger partial charge in [-0.3, -0.25) is 0 Å². The highest BCUT2D eigenvalue weighted by Crippen LogP contribution is 1.93. The molecule has 0 aliphatic rings. The van der Waals surface area contributed by atoms with Gasteiger partial charge in [0.2, 0.25) is 0 Å². The van der Waals surface area contributed by atoms with Crippen molar-refractivity contribution in [2.24, 2.45) is 0 Å². The molecule has 100 valence electrons. The van der Waals surface area contributed by atoms with E-state index in [1.807, 2.05) is 0 Å². The normalized spacial score (nSPS) is 13.9. The Balaban J connectivity index is 4.16. The van der Waals surface area contributed by atoms with Gasteiger partial charge in [-0.25, -0.2) is 9.59 Å². The van der Waals surface area contributed by atoms with E-state index in [0.717, 1.165) is 4.90 Å². The Morgan fingerprint density at radius 3 is 2.47 bits per heavy atom. The Kier molecular flexibility index (Phi) is 7.19. The number of urea groups is 1. The van der Waals surface area contributed by atoms with Crippen LogP contribution < -0.4 is 5.32 Å². The number of nitrogens with one attached hydrogen (secondary N) is 1. The molecule has 0 rings (SSSR count). The van der Waals surface area contributed by atoms with E-state index >= 15 is 0 Å². The molecule has 1 unspecified atom stereocenters. The van der Waals surface area contributed by atoms with Crippen LogP contribution in [0.3, 0.4) is 0 Å². The molecule has 2 amide bonds. The fourth-order valence-electron chi connectivity index (χ4n) is 1.09. The summed E-state index contributed by atoms with van der Waals surface area (Å²) >= 11 is 0. The maximum atomic E-state index is 11.4. The highest BCUT2D eigenvalue weighted by Gasteiger charge is 2.21. The molecule has 17 heavy (non-hydrogen) atoms. The lowest BCUT2D eigenvalue weighted by atomic mass is 10.3. The SMILES string of the molecule is COCC(O)CN(C)C(=O)N[C@H](CO)C(=O)O. The molecule has 0 fully saturated rings. The number of amides is 2. The molecule has 0 saturated heterocycles. The molecule has 0 heterocycles. The highest BCUT2D eigenvalue weighted by molar-refractivity contribution is 5.82. The number of carboxylic acids is 1. The van der Waals surface area contributed by atoms with E-state index in [2.05, 4.69) is 10.1 Å².